The quantitative estimate of drug-likeness (QED) is 0.576. The molecule has 0 radical (unpaired) electrons. The van der Waals surface area contributed by atoms with Crippen molar-refractivity contribution in [2.24, 2.45) is 0 Å². The molecule has 1 fully saturated rings. The molecule has 0 spiro atoms. The molecule has 0 aliphatic carbocycles. The number of hydrogen-bond acceptors (Lipinski definition) is 6. The van der Waals surface area contributed by atoms with E-state index in [9.17, 15) is 25.0 Å². The molecule has 0 atom stereocenters. The summed E-state index contributed by atoms with van der Waals surface area (Å²) in [5, 5.41) is 22.4. The van der Waals surface area contributed by atoms with Crippen LogP contribution in [0.2, 0.25) is 0 Å². The summed E-state index contributed by atoms with van der Waals surface area (Å²) in [6.07, 6.45) is 3.72. The summed E-state index contributed by atoms with van der Waals surface area (Å²) in [5.41, 5.74) is 2.07. The van der Waals surface area contributed by atoms with Crippen LogP contribution in [0, 0.1) is 20.2 Å². The molecule has 1 saturated heterocycles. The highest BCUT2D eigenvalue weighted by molar-refractivity contribution is 6.11. The van der Waals surface area contributed by atoms with Gasteiger partial charge in [0.2, 0.25) is 0 Å². The van der Waals surface area contributed by atoms with Gasteiger partial charge in [0.1, 0.15) is 0 Å². The van der Waals surface area contributed by atoms with Crippen molar-refractivity contribution in [3.63, 3.8) is 0 Å². The zero-order chi connectivity index (χ0) is 20.5. The third-order valence-electron chi connectivity index (χ3n) is 5.54. The number of non-ortho nitro benzene ring substituents is 2. The van der Waals surface area contributed by atoms with E-state index in [-0.39, 0.29) is 22.8 Å². The first-order valence-corrected chi connectivity index (χ1v) is 9.58. The van der Waals surface area contributed by atoms with Crippen LogP contribution < -0.4 is 9.80 Å². The molecule has 0 unspecified atom stereocenters. The van der Waals surface area contributed by atoms with Crippen LogP contribution in [-0.4, -0.2) is 35.4 Å². The first kappa shape index (κ1) is 18.9. The number of piperidine rings is 1. The van der Waals surface area contributed by atoms with Crippen LogP contribution in [0.1, 0.15) is 35.2 Å². The third-order valence-corrected chi connectivity index (χ3v) is 5.54. The molecule has 4 rings (SSSR count). The average Bonchev–Trinajstić information content (AvgIpc) is 3.16. The lowest BCUT2D eigenvalue weighted by molar-refractivity contribution is -0.385. The molecule has 9 heteroatoms. The number of nitro groups is 2. The van der Waals surface area contributed by atoms with E-state index in [4.69, 9.17) is 0 Å². The maximum atomic E-state index is 13.4. The minimum absolute atomic E-state index is 0.0845. The van der Waals surface area contributed by atoms with Crippen LogP contribution in [-0.2, 0) is 6.42 Å². The van der Waals surface area contributed by atoms with Crippen molar-refractivity contribution in [2.45, 2.75) is 25.7 Å². The minimum Gasteiger partial charge on any atom is -0.371 e. The Morgan fingerprint density at radius 1 is 0.828 bits per heavy atom. The van der Waals surface area contributed by atoms with Crippen LogP contribution in [0.5, 0.6) is 0 Å². The fraction of sp³-hybridized carbons (Fsp3) is 0.350. The molecule has 0 N–H and O–H groups in total. The number of carbonyl (C=O) groups excluding carboxylic acids is 1. The lowest BCUT2D eigenvalue weighted by Crippen LogP contribution is -2.34. The average molecular weight is 396 g/mol. The third kappa shape index (κ3) is 3.51. The van der Waals surface area contributed by atoms with Gasteiger partial charge in [0.15, 0.2) is 0 Å². The van der Waals surface area contributed by atoms with Crippen molar-refractivity contribution in [1.82, 2.24) is 0 Å². The van der Waals surface area contributed by atoms with E-state index >= 15 is 0 Å². The Kier molecular flexibility index (Phi) is 4.87. The fourth-order valence-electron chi connectivity index (χ4n) is 4.06. The number of carbonyl (C=O) groups is 1. The van der Waals surface area contributed by atoms with Gasteiger partial charge in [-0.05, 0) is 37.3 Å². The Morgan fingerprint density at radius 3 is 2.17 bits per heavy atom. The van der Waals surface area contributed by atoms with Crippen LogP contribution in [0.4, 0.5) is 22.7 Å². The smallest absolute Gasteiger partial charge is 0.271 e. The monoisotopic (exact) mass is 396 g/mol. The molecule has 2 heterocycles. The van der Waals surface area contributed by atoms with E-state index in [1.54, 1.807) is 12.1 Å². The zero-order valence-electron chi connectivity index (χ0n) is 15.7. The first-order valence-electron chi connectivity index (χ1n) is 9.58. The standard InChI is InChI=1S/C20H20N4O5/c25-20(22-11-8-14-4-5-16(24(28)29)13-19(14)22)17-12-15(23(26)27)6-7-18(17)21-9-2-1-3-10-21/h4-7,12-13H,1-3,8-11H2. The van der Waals surface area contributed by atoms with Crippen LogP contribution in [0.25, 0.3) is 0 Å². The second kappa shape index (κ2) is 7.50. The van der Waals surface area contributed by atoms with Crippen molar-refractivity contribution >= 4 is 28.7 Å². The lowest BCUT2D eigenvalue weighted by Gasteiger charge is -2.31. The van der Waals surface area contributed by atoms with Crippen molar-refractivity contribution in [1.29, 1.82) is 0 Å². The van der Waals surface area contributed by atoms with Gasteiger partial charge in [0, 0.05) is 43.9 Å². The zero-order valence-corrected chi connectivity index (χ0v) is 15.7. The molecule has 2 aromatic rings. The van der Waals surface area contributed by atoms with Crippen LogP contribution >= 0.6 is 0 Å². The highest BCUT2D eigenvalue weighted by atomic mass is 16.6. The second-order valence-electron chi connectivity index (χ2n) is 7.28. The molecule has 2 aliphatic heterocycles. The van der Waals surface area contributed by atoms with Gasteiger partial charge in [-0.3, -0.25) is 25.0 Å². The number of anilines is 2. The molecular formula is C20H20N4O5. The van der Waals surface area contributed by atoms with E-state index in [2.05, 4.69) is 4.90 Å². The van der Waals surface area contributed by atoms with Crippen molar-refractivity contribution in [2.75, 3.05) is 29.4 Å². The van der Waals surface area contributed by atoms with Gasteiger partial charge in [-0.25, -0.2) is 0 Å². The van der Waals surface area contributed by atoms with E-state index in [1.165, 1.54) is 29.2 Å². The summed E-state index contributed by atoms with van der Waals surface area (Å²) in [7, 11) is 0. The van der Waals surface area contributed by atoms with Gasteiger partial charge in [-0.15, -0.1) is 0 Å². The lowest BCUT2D eigenvalue weighted by atomic mass is 10.1. The fourth-order valence-corrected chi connectivity index (χ4v) is 4.06. The molecule has 0 aromatic heterocycles. The van der Waals surface area contributed by atoms with Gasteiger partial charge in [0.25, 0.3) is 17.3 Å². The number of hydrogen-bond donors (Lipinski definition) is 0. The van der Waals surface area contributed by atoms with Gasteiger partial charge >= 0.3 is 0 Å². The number of amides is 1. The predicted octanol–water partition coefficient (Wildman–Crippen LogP) is 3.70. The summed E-state index contributed by atoms with van der Waals surface area (Å²) in [6.45, 7) is 1.97. The van der Waals surface area contributed by atoms with Gasteiger partial charge in [-0.2, -0.15) is 0 Å². The molecule has 150 valence electrons. The summed E-state index contributed by atoms with van der Waals surface area (Å²) in [4.78, 5) is 38.5. The Hall–Kier alpha value is -3.49. The van der Waals surface area contributed by atoms with Crippen LogP contribution in [0.15, 0.2) is 36.4 Å². The molecule has 29 heavy (non-hydrogen) atoms. The Bertz CT molecular complexity index is 1000. The number of benzene rings is 2. The van der Waals surface area contributed by atoms with E-state index < -0.39 is 9.85 Å². The molecule has 0 saturated carbocycles. The van der Waals surface area contributed by atoms with Crippen LogP contribution in [0.3, 0.4) is 0 Å². The normalized spacial score (nSPS) is 15.9. The van der Waals surface area contributed by atoms with Gasteiger partial charge in [0.05, 0.1) is 26.8 Å². The highest BCUT2D eigenvalue weighted by Gasteiger charge is 2.31. The van der Waals surface area contributed by atoms with E-state index in [0.29, 0.717) is 24.3 Å². The summed E-state index contributed by atoms with van der Waals surface area (Å²) in [5.74, 6) is -0.367. The number of nitrogens with zero attached hydrogens (tertiary/aromatic N) is 4. The Morgan fingerprint density at radius 2 is 1.48 bits per heavy atom. The number of nitro benzene ring substituents is 2. The van der Waals surface area contributed by atoms with Gasteiger partial charge in [-0.1, -0.05) is 6.07 Å². The molecule has 9 nitrogen and oxygen atoms in total. The maximum absolute atomic E-state index is 13.4. The van der Waals surface area contributed by atoms with Crippen molar-refractivity contribution in [3.05, 3.63) is 67.8 Å². The second-order valence-corrected chi connectivity index (χ2v) is 7.28. The Balaban J connectivity index is 1.75. The van der Waals surface area contributed by atoms with Gasteiger partial charge < -0.3 is 9.80 Å². The summed E-state index contributed by atoms with van der Waals surface area (Å²) in [6, 6.07) is 8.88. The van der Waals surface area contributed by atoms with E-state index in [1.807, 2.05) is 0 Å². The largest absolute Gasteiger partial charge is 0.371 e. The highest BCUT2D eigenvalue weighted by Crippen LogP contribution is 2.35. The molecule has 0 bridgehead atoms. The molecular weight excluding hydrogens is 376 g/mol. The minimum atomic E-state index is -0.514. The summed E-state index contributed by atoms with van der Waals surface area (Å²) >= 11 is 0. The molecule has 2 aliphatic rings. The summed E-state index contributed by atoms with van der Waals surface area (Å²) < 4.78 is 0. The molecule has 1 amide bonds. The van der Waals surface area contributed by atoms with Crippen molar-refractivity contribution < 1.29 is 14.6 Å². The first-order chi connectivity index (χ1) is 14.0. The van der Waals surface area contributed by atoms with Crippen molar-refractivity contribution in [3.8, 4) is 0 Å². The predicted molar refractivity (Wildman–Crippen MR) is 108 cm³/mol. The molecule has 2 aromatic carbocycles. The number of rotatable bonds is 4. The Labute approximate surface area is 166 Å². The number of fused-ring (bicyclic) bond motifs is 1. The SMILES string of the molecule is O=C(c1cc([N+](=O)[O-])ccc1N1CCCCC1)N1CCc2ccc([N+](=O)[O-])cc21. The topological polar surface area (TPSA) is 110 Å². The maximum Gasteiger partial charge on any atom is 0.271 e. The van der Waals surface area contributed by atoms with E-state index in [0.717, 1.165) is 37.9 Å².